The summed E-state index contributed by atoms with van der Waals surface area (Å²) in [7, 11) is 0. The first-order chi connectivity index (χ1) is 8.35. The van der Waals surface area contributed by atoms with Crippen molar-refractivity contribution in [2.24, 2.45) is 5.73 Å². The molecule has 0 spiro atoms. The largest absolute Gasteiger partial charge is 0.376 e. The third kappa shape index (κ3) is 3.06. The lowest BCUT2D eigenvalue weighted by molar-refractivity contribution is -0.0437. The van der Waals surface area contributed by atoms with Gasteiger partial charge in [-0.1, -0.05) is 37.3 Å². The van der Waals surface area contributed by atoms with E-state index in [-0.39, 0.29) is 0 Å². The van der Waals surface area contributed by atoms with E-state index in [1.54, 1.807) is 0 Å². The van der Waals surface area contributed by atoms with Crippen LogP contribution >= 0.6 is 0 Å². The van der Waals surface area contributed by atoms with Crippen molar-refractivity contribution in [2.45, 2.75) is 25.5 Å². The SMILES string of the molecule is CCC1CN(C(CN)c2ccccc2)CCO1. The van der Waals surface area contributed by atoms with E-state index in [4.69, 9.17) is 10.5 Å². The number of nitrogens with zero attached hydrogens (tertiary/aromatic N) is 1. The van der Waals surface area contributed by atoms with Gasteiger partial charge in [0.2, 0.25) is 0 Å². The van der Waals surface area contributed by atoms with Crippen LogP contribution in [0.15, 0.2) is 30.3 Å². The Balaban J connectivity index is 2.08. The highest BCUT2D eigenvalue weighted by atomic mass is 16.5. The fraction of sp³-hybridized carbons (Fsp3) is 0.571. The molecule has 1 aromatic rings. The number of morpholine rings is 1. The van der Waals surface area contributed by atoms with E-state index in [1.807, 2.05) is 6.07 Å². The van der Waals surface area contributed by atoms with E-state index in [9.17, 15) is 0 Å². The van der Waals surface area contributed by atoms with Gasteiger partial charge in [0.15, 0.2) is 0 Å². The second kappa shape index (κ2) is 6.15. The average molecular weight is 234 g/mol. The number of rotatable bonds is 4. The summed E-state index contributed by atoms with van der Waals surface area (Å²) in [6.07, 6.45) is 1.43. The topological polar surface area (TPSA) is 38.5 Å². The lowest BCUT2D eigenvalue weighted by atomic mass is 10.0. The molecule has 0 saturated carbocycles. The molecule has 17 heavy (non-hydrogen) atoms. The number of ether oxygens (including phenoxy) is 1. The van der Waals surface area contributed by atoms with Gasteiger partial charge in [-0.3, -0.25) is 4.90 Å². The van der Waals surface area contributed by atoms with E-state index >= 15 is 0 Å². The van der Waals surface area contributed by atoms with Gasteiger partial charge in [0.1, 0.15) is 0 Å². The standard InChI is InChI=1S/C14H22N2O/c1-2-13-11-16(8-9-17-13)14(10-15)12-6-4-3-5-7-12/h3-7,13-14H,2,8-11,15H2,1H3. The summed E-state index contributed by atoms with van der Waals surface area (Å²) in [4.78, 5) is 2.45. The van der Waals surface area contributed by atoms with Crippen molar-refractivity contribution in [3.63, 3.8) is 0 Å². The van der Waals surface area contributed by atoms with Crippen molar-refractivity contribution in [2.75, 3.05) is 26.2 Å². The molecule has 3 nitrogen and oxygen atoms in total. The molecule has 2 atom stereocenters. The highest BCUT2D eigenvalue weighted by Gasteiger charge is 2.25. The predicted molar refractivity (Wildman–Crippen MR) is 69.8 cm³/mol. The van der Waals surface area contributed by atoms with Crippen LogP contribution in [-0.4, -0.2) is 37.2 Å². The number of nitrogens with two attached hydrogens (primary N) is 1. The Labute approximate surface area is 104 Å². The quantitative estimate of drug-likeness (QED) is 0.863. The molecule has 94 valence electrons. The molecule has 1 aromatic carbocycles. The Morgan fingerprint density at radius 1 is 1.41 bits per heavy atom. The number of hydrogen-bond acceptors (Lipinski definition) is 3. The monoisotopic (exact) mass is 234 g/mol. The summed E-state index contributed by atoms with van der Waals surface area (Å²) in [5, 5.41) is 0. The summed E-state index contributed by atoms with van der Waals surface area (Å²) < 4.78 is 5.71. The van der Waals surface area contributed by atoms with Crippen LogP contribution in [0.25, 0.3) is 0 Å². The zero-order valence-corrected chi connectivity index (χ0v) is 10.5. The normalized spacial score (nSPS) is 23.5. The fourth-order valence-electron chi connectivity index (χ4n) is 2.44. The van der Waals surface area contributed by atoms with Gasteiger partial charge >= 0.3 is 0 Å². The third-order valence-electron chi connectivity index (χ3n) is 3.47. The molecule has 0 radical (unpaired) electrons. The molecule has 1 heterocycles. The lowest BCUT2D eigenvalue weighted by Crippen LogP contribution is -2.45. The van der Waals surface area contributed by atoms with E-state index in [2.05, 4.69) is 36.1 Å². The maximum atomic E-state index is 5.94. The van der Waals surface area contributed by atoms with Gasteiger partial charge in [-0.2, -0.15) is 0 Å². The highest BCUT2D eigenvalue weighted by Crippen LogP contribution is 2.22. The molecule has 1 aliphatic rings. The van der Waals surface area contributed by atoms with Crippen molar-refractivity contribution in [3.8, 4) is 0 Å². The Morgan fingerprint density at radius 2 is 2.18 bits per heavy atom. The smallest absolute Gasteiger partial charge is 0.0700 e. The lowest BCUT2D eigenvalue weighted by Gasteiger charge is -2.37. The van der Waals surface area contributed by atoms with Gasteiger partial charge in [-0.25, -0.2) is 0 Å². The van der Waals surface area contributed by atoms with Gasteiger partial charge in [0.05, 0.1) is 12.7 Å². The maximum absolute atomic E-state index is 5.94. The summed E-state index contributed by atoms with van der Waals surface area (Å²) in [6, 6.07) is 10.9. The van der Waals surface area contributed by atoms with Crippen LogP contribution in [0, 0.1) is 0 Å². The molecule has 2 N–H and O–H groups in total. The van der Waals surface area contributed by atoms with Gasteiger partial charge in [-0.15, -0.1) is 0 Å². The average Bonchev–Trinajstić information content (AvgIpc) is 2.41. The molecule has 1 aliphatic heterocycles. The summed E-state index contributed by atoms with van der Waals surface area (Å²) in [5.41, 5.74) is 7.25. The molecule has 2 rings (SSSR count). The van der Waals surface area contributed by atoms with Crippen LogP contribution in [0.5, 0.6) is 0 Å². The minimum absolute atomic E-state index is 0.328. The molecular weight excluding hydrogens is 212 g/mol. The first kappa shape index (κ1) is 12.6. The molecule has 0 amide bonds. The van der Waals surface area contributed by atoms with Crippen LogP contribution in [-0.2, 0) is 4.74 Å². The van der Waals surface area contributed by atoms with E-state index in [1.165, 1.54) is 5.56 Å². The Kier molecular flexibility index (Phi) is 4.54. The van der Waals surface area contributed by atoms with Crippen molar-refractivity contribution in [1.82, 2.24) is 4.90 Å². The Morgan fingerprint density at radius 3 is 2.82 bits per heavy atom. The predicted octanol–water partition coefficient (Wildman–Crippen LogP) is 1.80. The summed E-state index contributed by atoms with van der Waals surface area (Å²) >= 11 is 0. The van der Waals surface area contributed by atoms with Crippen LogP contribution in [0.2, 0.25) is 0 Å². The molecule has 1 fully saturated rings. The van der Waals surface area contributed by atoms with Gasteiger partial charge < -0.3 is 10.5 Å². The molecule has 1 saturated heterocycles. The zero-order chi connectivity index (χ0) is 12.1. The molecular formula is C14H22N2O. The van der Waals surface area contributed by atoms with Crippen molar-refractivity contribution < 1.29 is 4.74 Å². The zero-order valence-electron chi connectivity index (χ0n) is 10.5. The van der Waals surface area contributed by atoms with E-state index in [0.29, 0.717) is 18.7 Å². The minimum atomic E-state index is 0.328. The second-order valence-corrected chi connectivity index (χ2v) is 4.56. The highest BCUT2D eigenvalue weighted by molar-refractivity contribution is 5.19. The second-order valence-electron chi connectivity index (χ2n) is 4.56. The van der Waals surface area contributed by atoms with Crippen molar-refractivity contribution in [3.05, 3.63) is 35.9 Å². The fourth-order valence-corrected chi connectivity index (χ4v) is 2.44. The Hall–Kier alpha value is -0.900. The Bertz CT molecular complexity index is 328. The van der Waals surface area contributed by atoms with E-state index < -0.39 is 0 Å². The first-order valence-corrected chi connectivity index (χ1v) is 6.45. The summed E-state index contributed by atoms with van der Waals surface area (Å²) in [6.45, 7) is 5.64. The molecule has 3 heteroatoms. The minimum Gasteiger partial charge on any atom is -0.376 e. The van der Waals surface area contributed by atoms with Crippen LogP contribution in [0.4, 0.5) is 0 Å². The van der Waals surface area contributed by atoms with Crippen LogP contribution in [0.1, 0.15) is 24.9 Å². The molecule has 0 aliphatic carbocycles. The van der Waals surface area contributed by atoms with Gasteiger partial charge in [0, 0.05) is 25.7 Å². The first-order valence-electron chi connectivity index (χ1n) is 6.45. The molecule has 0 aromatic heterocycles. The van der Waals surface area contributed by atoms with Gasteiger partial charge in [0.25, 0.3) is 0 Å². The van der Waals surface area contributed by atoms with Crippen LogP contribution < -0.4 is 5.73 Å². The number of hydrogen-bond donors (Lipinski definition) is 1. The van der Waals surface area contributed by atoms with Crippen molar-refractivity contribution in [1.29, 1.82) is 0 Å². The number of benzene rings is 1. The van der Waals surface area contributed by atoms with Gasteiger partial charge in [-0.05, 0) is 12.0 Å². The third-order valence-corrected chi connectivity index (χ3v) is 3.47. The maximum Gasteiger partial charge on any atom is 0.0700 e. The van der Waals surface area contributed by atoms with Crippen molar-refractivity contribution >= 4 is 0 Å². The summed E-state index contributed by atoms with van der Waals surface area (Å²) in [5.74, 6) is 0. The van der Waals surface area contributed by atoms with E-state index in [0.717, 1.165) is 26.1 Å². The molecule has 0 bridgehead atoms. The molecule has 2 unspecified atom stereocenters. The van der Waals surface area contributed by atoms with Crippen LogP contribution in [0.3, 0.4) is 0 Å².